The molecule has 0 atom stereocenters. The van der Waals surface area contributed by atoms with E-state index in [0.29, 0.717) is 6.54 Å². The Morgan fingerprint density at radius 2 is 1.82 bits per heavy atom. The first-order valence-corrected chi connectivity index (χ1v) is 9.71. The molecule has 1 saturated heterocycles. The molecule has 0 unspecified atom stereocenters. The summed E-state index contributed by atoms with van der Waals surface area (Å²) in [5, 5.41) is 5.91. The number of sulfone groups is 1. The summed E-state index contributed by atoms with van der Waals surface area (Å²) in [5.41, 5.74) is 0. The zero-order valence-corrected chi connectivity index (χ0v) is 14.7. The standard InChI is InChI=1S/C14H27N3O3S.ClH/c18-14(16-8-11-17-9-6-15-7-10-17)5-12-21(19,20)13-3-1-2-4-13;/h13,15H,1-12H2,(H,16,18);1H. The van der Waals surface area contributed by atoms with E-state index in [0.717, 1.165) is 58.4 Å². The van der Waals surface area contributed by atoms with Gasteiger partial charge in [0.1, 0.15) is 0 Å². The molecule has 1 aliphatic heterocycles. The molecule has 0 radical (unpaired) electrons. The van der Waals surface area contributed by atoms with Gasteiger partial charge in [-0.05, 0) is 12.8 Å². The van der Waals surface area contributed by atoms with Gasteiger partial charge in [0.15, 0.2) is 9.84 Å². The maximum atomic E-state index is 12.1. The number of hydrogen-bond donors (Lipinski definition) is 2. The molecule has 0 spiro atoms. The Hall–Kier alpha value is -0.370. The third-order valence-corrected chi connectivity index (χ3v) is 6.64. The number of hydrogen-bond acceptors (Lipinski definition) is 5. The molecule has 0 aromatic rings. The van der Waals surface area contributed by atoms with E-state index in [2.05, 4.69) is 15.5 Å². The van der Waals surface area contributed by atoms with Crippen LogP contribution in [0, 0.1) is 0 Å². The highest BCUT2D eigenvalue weighted by Gasteiger charge is 2.28. The Morgan fingerprint density at radius 3 is 2.45 bits per heavy atom. The van der Waals surface area contributed by atoms with Gasteiger partial charge in [-0.15, -0.1) is 12.4 Å². The third-order valence-electron chi connectivity index (χ3n) is 4.38. The van der Waals surface area contributed by atoms with Crippen molar-refractivity contribution in [2.24, 2.45) is 0 Å². The van der Waals surface area contributed by atoms with Crippen LogP contribution in [0.4, 0.5) is 0 Å². The first-order valence-electron chi connectivity index (χ1n) is 7.99. The Labute approximate surface area is 139 Å². The number of amides is 1. The van der Waals surface area contributed by atoms with E-state index in [1.165, 1.54) is 0 Å². The molecule has 1 amide bonds. The number of carbonyl (C=O) groups excluding carboxylic acids is 1. The van der Waals surface area contributed by atoms with Crippen LogP contribution in [0.5, 0.6) is 0 Å². The van der Waals surface area contributed by atoms with Crippen molar-refractivity contribution in [2.75, 3.05) is 45.0 Å². The Balaban J connectivity index is 0.00000242. The van der Waals surface area contributed by atoms with Crippen molar-refractivity contribution in [2.45, 2.75) is 37.4 Å². The summed E-state index contributed by atoms with van der Waals surface area (Å²) in [4.78, 5) is 14.0. The van der Waals surface area contributed by atoms with Gasteiger partial charge in [0.25, 0.3) is 0 Å². The maximum absolute atomic E-state index is 12.1. The highest BCUT2D eigenvalue weighted by Crippen LogP contribution is 2.25. The fourth-order valence-electron chi connectivity index (χ4n) is 3.03. The molecular weight excluding hydrogens is 326 g/mol. The van der Waals surface area contributed by atoms with Gasteiger partial charge in [-0.1, -0.05) is 12.8 Å². The molecular formula is C14H28ClN3O3S. The van der Waals surface area contributed by atoms with Crippen molar-refractivity contribution in [1.82, 2.24) is 15.5 Å². The molecule has 0 aromatic heterocycles. The number of rotatable bonds is 7. The Bertz CT molecular complexity index is 433. The summed E-state index contributed by atoms with van der Waals surface area (Å²) in [7, 11) is -3.08. The zero-order chi connectivity index (χ0) is 15.1. The van der Waals surface area contributed by atoms with Gasteiger partial charge >= 0.3 is 0 Å². The molecule has 8 heteroatoms. The van der Waals surface area contributed by atoms with E-state index in [1.54, 1.807) is 0 Å². The average molecular weight is 354 g/mol. The van der Waals surface area contributed by atoms with E-state index >= 15 is 0 Å². The third kappa shape index (κ3) is 6.40. The van der Waals surface area contributed by atoms with Crippen molar-refractivity contribution >= 4 is 28.2 Å². The average Bonchev–Trinajstić information content (AvgIpc) is 3.01. The number of carbonyl (C=O) groups is 1. The molecule has 2 rings (SSSR count). The summed E-state index contributed by atoms with van der Waals surface area (Å²) >= 11 is 0. The molecule has 22 heavy (non-hydrogen) atoms. The van der Waals surface area contributed by atoms with Gasteiger partial charge in [-0.2, -0.15) is 0 Å². The summed E-state index contributed by atoms with van der Waals surface area (Å²) in [6.45, 7) is 5.43. The Morgan fingerprint density at radius 1 is 1.18 bits per heavy atom. The fraction of sp³-hybridized carbons (Fsp3) is 0.929. The molecule has 1 aliphatic carbocycles. The molecule has 0 aromatic carbocycles. The van der Waals surface area contributed by atoms with Gasteiger partial charge in [-0.3, -0.25) is 9.69 Å². The summed E-state index contributed by atoms with van der Waals surface area (Å²) in [6.07, 6.45) is 3.64. The summed E-state index contributed by atoms with van der Waals surface area (Å²) < 4.78 is 24.1. The molecule has 0 bridgehead atoms. The predicted molar refractivity (Wildman–Crippen MR) is 90.2 cm³/mol. The van der Waals surface area contributed by atoms with Gasteiger partial charge in [0.2, 0.25) is 5.91 Å². The minimum Gasteiger partial charge on any atom is -0.355 e. The first-order chi connectivity index (χ1) is 10.1. The molecule has 2 N–H and O–H groups in total. The second kappa shape index (κ2) is 9.70. The molecule has 2 fully saturated rings. The fourth-order valence-corrected chi connectivity index (χ4v) is 4.88. The number of piperazine rings is 1. The monoisotopic (exact) mass is 353 g/mol. The van der Waals surface area contributed by atoms with Crippen LogP contribution >= 0.6 is 12.4 Å². The van der Waals surface area contributed by atoms with E-state index in [9.17, 15) is 13.2 Å². The number of nitrogens with one attached hydrogen (secondary N) is 2. The van der Waals surface area contributed by atoms with Crippen LogP contribution in [-0.4, -0.2) is 69.5 Å². The largest absolute Gasteiger partial charge is 0.355 e. The SMILES string of the molecule is Cl.O=C(CCS(=O)(=O)C1CCCC1)NCCN1CCNCC1. The van der Waals surface area contributed by atoms with Crippen LogP contribution in [0.1, 0.15) is 32.1 Å². The van der Waals surface area contributed by atoms with Crippen LogP contribution in [0.25, 0.3) is 0 Å². The minimum absolute atomic E-state index is 0. The highest BCUT2D eigenvalue weighted by molar-refractivity contribution is 7.92. The minimum atomic E-state index is -3.08. The second-order valence-corrected chi connectivity index (χ2v) is 8.37. The van der Waals surface area contributed by atoms with Crippen molar-refractivity contribution in [3.8, 4) is 0 Å². The van der Waals surface area contributed by atoms with E-state index in [4.69, 9.17) is 0 Å². The predicted octanol–water partition coefficient (Wildman–Crippen LogP) is 0.177. The van der Waals surface area contributed by atoms with Crippen molar-refractivity contribution in [3.63, 3.8) is 0 Å². The van der Waals surface area contributed by atoms with Crippen molar-refractivity contribution in [1.29, 1.82) is 0 Å². The van der Waals surface area contributed by atoms with Crippen LogP contribution in [0.15, 0.2) is 0 Å². The van der Waals surface area contributed by atoms with Gasteiger partial charge in [0.05, 0.1) is 11.0 Å². The number of halogens is 1. The lowest BCUT2D eigenvalue weighted by molar-refractivity contribution is -0.120. The van der Waals surface area contributed by atoms with Crippen LogP contribution in [-0.2, 0) is 14.6 Å². The van der Waals surface area contributed by atoms with E-state index < -0.39 is 9.84 Å². The normalized spacial score (nSPS) is 20.5. The zero-order valence-electron chi connectivity index (χ0n) is 13.1. The lowest BCUT2D eigenvalue weighted by Gasteiger charge is -2.27. The lowest BCUT2D eigenvalue weighted by Crippen LogP contribution is -2.46. The van der Waals surface area contributed by atoms with Gasteiger partial charge in [0, 0.05) is 45.7 Å². The molecule has 130 valence electrons. The summed E-state index contributed by atoms with van der Waals surface area (Å²) in [6, 6.07) is 0. The van der Waals surface area contributed by atoms with Crippen molar-refractivity contribution < 1.29 is 13.2 Å². The molecule has 6 nitrogen and oxygen atoms in total. The maximum Gasteiger partial charge on any atom is 0.221 e. The van der Waals surface area contributed by atoms with E-state index in [-0.39, 0.29) is 35.7 Å². The van der Waals surface area contributed by atoms with Crippen LogP contribution in [0.2, 0.25) is 0 Å². The summed E-state index contributed by atoms with van der Waals surface area (Å²) in [5.74, 6) is -0.149. The Kier molecular flexibility index (Phi) is 8.67. The quantitative estimate of drug-likeness (QED) is 0.682. The van der Waals surface area contributed by atoms with Crippen LogP contribution < -0.4 is 10.6 Å². The van der Waals surface area contributed by atoms with Gasteiger partial charge in [-0.25, -0.2) is 8.42 Å². The first kappa shape index (κ1) is 19.7. The lowest BCUT2D eigenvalue weighted by atomic mass is 10.3. The molecule has 1 saturated carbocycles. The van der Waals surface area contributed by atoms with Gasteiger partial charge < -0.3 is 10.6 Å². The van der Waals surface area contributed by atoms with E-state index in [1.807, 2.05) is 0 Å². The topological polar surface area (TPSA) is 78.5 Å². The number of nitrogens with zero attached hydrogens (tertiary/aromatic N) is 1. The smallest absolute Gasteiger partial charge is 0.221 e. The second-order valence-electron chi connectivity index (χ2n) is 5.97. The van der Waals surface area contributed by atoms with Crippen molar-refractivity contribution in [3.05, 3.63) is 0 Å². The highest BCUT2D eigenvalue weighted by atomic mass is 35.5. The van der Waals surface area contributed by atoms with Crippen LogP contribution in [0.3, 0.4) is 0 Å². The molecule has 2 aliphatic rings. The molecule has 1 heterocycles.